The second-order valence-electron chi connectivity index (χ2n) is 5.79. The Kier molecular flexibility index (Phi) is 4.79. The van der Waals surface area contributed by atoms with Gasteiger partial charge in [0.15, 0.2) is 0 Å². The van der Waals surface area contributed by atoms with Gasteiger partial charge in [-0.25, -0.2) is 9.66 Å². The number of hydrogen-bond donors (Lipinski definition) is 1. The number of thiophene rings is 1. The second-order valence-corrected chi connectivity index (χ2v) is 7.70. The third-order valence-electron chi connectivity index (χ3n) is 3.86. The van der Waals surface area contributed by atoms with Crippen molar-refractivity contribution >= 4 is 43.4 Å². The van der Waals surface area contributed by atoms with Crippen LogP contribution in [0.4, 0.5) is 0 Å². The molecule has 0 aliphatic carbocycles. The lowest BCUT2D eigenvalue weighted by Crippen LogP contribution is -2.36. The smallest absolute Gasteiger partial charge is 0.267 e. The summed E-state index contributed by atoms with van der Waals surface area (Å²) in [7, 11) is 1.68. The minimum atomic E-state index is -0.426. The van der Waals surface area contributed by atoms with E-state index in [0.29, 0.717) is 31.9 Å². The summed E-state index contributed by atoms with van der Waals surface area (Å²) in [6, 6.07) is 1.87. The van der Waals surface area contributed by atoms with Gasteiger partial charge in [-0.1, -0.05) is 13.3 Å². The monoisotopic (exact) mass is 423 g/mol. The predicted octanol–water partition coefficient (Wildman–Crippen LogP) is 2.91. The van der Waals surface area contributed by atoms with E-state index < -0.39 is 5.91 Å². The molecule has 1 N–H and O–H groups in total. The third-order valence-corrected chi connectivity index (χ3v) is 5.90. The van der Waals surface area contributed by atoms with E-state index in [1.165, 1.54) is 20.7 Å². The summed E-state index contributed by atoms with van der Waals surface area (Å²) in [5.74, 6) is 0.0103. The molecule has 1 amide bonds. The van der Waals surface area contributed by atoms with Crippen molar-refractivity contribution in [1.29, 1.82) is 0 Å². The first-order valence-corrected chi connectivity index (χ1v) is 9.47. The maximum absolute atomic E-state index is 12.8. The average Bonchev–Trinajstić information content (AvgIpc) is 3.05. The molecule has 3 heterocycles. The van der Waals surface area contributed by atoms with Crippen LogP contribution in [0.25, 0.3) is 10.2 Å². The number of aromatic nitrogens is 4. The number of amides is 1. The maximum atomic E-state index is 12.8. The Morgan fingerprint density at radius 1 is 1.40 bits per heavy atom. The molecule has 0 fully saturated rings. The molecule has 0 aliphatic heterocycles. The lowest BCUT2D eigenvalue weighted by atomic mass is 10.2. The van der Waals surface area contributed by atoms with Gasteiger partial charge in [0.25, 0.3) is 11.5 Å². The van der Waals surface area contributed by atoms with E-state index in [0.717, 1.165) is 17.7 Å². The van der Waals surface area contributed by atoms with E-state index in [-0.39, 0.29) is 5.56 Å². The van der Waals surface area contributed by atoms with Crippen molar-refractivity contribution in [2.75, 3.05) is 5.43 Å². The summed E-state index contributed by atoms with van der Waals surface area (Å²) >= 11 is 4.89. The topological polar surface area (TPSA) is 81.8 Å². The minimum absolute atomic E-state index is 0.274. The molecule has 0 spiro atoms. The van der Waals surface area contributed by atoms with Crippen LogP contribution in [-0.4, -0.2) is 25.3 Å². The van der Waals surface area contributed by atoms with Crippen molar-refractivity contribution < 1.29 is 4.79 Å². The van der Waals surface area contributed by atoms with Gasteiger partial charge in [-0.05, 0) is 42.3 Å². The Morgan fingerprint density at radius 2 is 2.12 bits per heavy atom. The van der Waals surface area contributed by atoms with Crippen molar-refractivity contribution in [2.45, 2.75) is 33.6 Å². The number of carbonyl (C=O) groups is 1. The van der Waals surface area contributed by atoms with Crippen LogP contribution in [0.5, 0.6) is 0 Å². The molecule has 0 bridgehead atoms. The van der Waals surface area contributed by atoms with E-state index in [1.807, 2.05) is 6.07 Å². The number of hydrogen-bond acceptors (Lipinski definition) is 5. The Bertz CT molecular complexity index is 1030. The zero-order valence-electron chi connectivity index (χ0n) is 14.4. The predicted molar refractivity (Wildman–Crippen MR) is 102 cm³/mol. The average molecular weight is 424 g/mol. The lowest BCUT2D eigenvalue weighted by molar-refractivity contribution is 0.0996. The first kappa shape index (κ1) is 17.8. The molecular formula is C16H18BrN5O2S. The fourth-order valence-electron chi connectivity index (χ4n) is 2.67. The molecule has 0 radical (unpaired) electrons. The molecule has 0 unspecified atom stereocenters. The van der Waals surface area contributed by atoms with Gasteiger partial charge < -0.3 is 0 Å². The van der Waals surface area contributed by atoms with E-state index in [1.54, 1.807) is 20.9 Å². The number of halogens is 1. The summed E-state index contributed by atoms with van der Waals surface area (Å²) in [5, 5.41) is 4.73. The van der Waals surface area contributed by atoms with E-state index in [9.17, 15) is 9.59 Å². The van der Waals surface area contributed by atoms with Gasteiger partial charge in [-0.3, -0.25) is 19.7 Å². The maximum Gasteiger partial charge on any atom is 0.289 e. The highest BCUT2D eigenvalue weighted by molar-refractivity contribution is 9.10. The molecular weight excluding hydrogens is 406 g/mol. The molecule has 0 atom stereocenters. The van der Waals surface area contributed by atoms with Gasteiger partial charge in [0.2, 0.25) is 0 Å². The van der Waals surface area contributed by atoms with Crippen LogP contribution in [0.2, 0.25) is 0 Å². The highest BCUT2D eigenvalue weighted by Gasteiger charge is 2.20. The molecule has 0 aromatic carbocycles. The summed E-state index contributed by atoms with van der Waals surface area (Å²) < 4.78 is 3.28. The molecule has 7 nitrogen and oxygen atoms in total. The van der Waals surface area contributed by atoms with Gasteiger partial charge in [0.1, 0.15) is 16.3 Å². The Hall–Kier alpha value is -2.00. The second kappa shape index (κ2) is 6.72. The zero-order chi connectivity index (χ0) is 18.3. The number of aryl methyl sites for hydroxylation is 4. The van der Waals surface area contributed by atoms with Crippen molar-refractivity contribution in [3.8, 4) is 0 Å². The summed E-state index contributed by atoms with van der Waals surface area (Å²) in [6.45, 7) is 5.59. The van der Waals surface area contributed by atoms with Gasteiger partial charge >= 0.3 is 0 Å². The van der Waals surface area contributed by atoms with Crippen molar-refractivity contribution in [2.24, 2.45) is 7.05 Å². The van der Waals surface area contributed by atoms with Crippen molar-refractivity contribution in [1.82, 2.24) is 19.4 Å². The zero-order valence-corrected chi connectivity index (χ0v) is 16.8. The first-order valence-electron chi connectivity index (χ1n) is 7.86. The Morgan fingerprint density at radius 3 is 2.72 bits per heavy atom. The molecule has 0 saturated carbocycles. The SMILES string of the molecule is CCCc1cc2c(=O)n(NC(=O)c3c(Br)c(C)nn3C)c(C)nc2s1. The van der Waals surface area contributed by atoms with Gasteiger partial charge in [0.05, 0.1) is 15.6 Å². The molecule has 3 aromatic rings. The Balaban J connectivity index is 2.03. The number of nitrogens with one attached hydrogen (secondary N) is 1. The third kappa shape index (κ3) is 3.13. The van der Waals surface area contributed by atoms with Crippen LogP contribution in [0, 0.1) is 13.8 Å². The number of rotatable bonds is 4. The molecule has 0 aliphatic rings. The van der Waals surface area contributed by atoms with E-state index in [2.05, 4.69) is 38.4 Å². The van der Waals surface area contributed by atoms with Crippen LogP contribution in [0.15, 0.2) is 15.3 Å². The first-order chi connectivity index (χ1) is 11.8. The molecule has 9 heteroatoms. The standard InChI is InChI=1S/C16H18BrN5O2S/c1-5-6-10-7-11-15(25-10)18-9(3)22(16(11)24)20-14(23)13-12(17)8(2)19-21(13)4/h7H,5-6H2,1-4H3,(H,20,23). The summed E-state index contributed by atoms with van der Waals surface area (Å²) in [5.41, 5.74) is 3.42. The molecule has 0 saturated heterocycles. The molecule has 25 heavy (non-hydrogen) atoms. The minimum Gasteiger partial charge on any atom is -0.267 e. The van der Waals surface area contributed by atoms with Crippen molar-refractivity contribution in [3.63, 3.8) is 0 Å². The molecule has 132 valence electrons. The lowest BCUT2D eigenvalue weighted by Gasteiger charge is -2.11. The normalized spacial score (nSPS) is 11.2. The largest absolute Gasteiger partial charge is 0.289 e. The van der Waals surface area contributed by atoms with Gasteiger partial charge in [0, 0.05) is 11.9 Å². The fraction of sp³-hybridized carbons (Fsp3) is 0.375. The van der Waals surface area contributed by atoms with Gasteiger partial charge in [-0.15, -0.1) is 11.3 Å². The van der Waals surface area contributed by atoms with Crippen LogP contribution >= 0.6 is 27.3 Å². The van der Waals surface area contributed by atoms with Crippen LogP contribution < -0.4 is 11.0 Å². The molecule has 3 rings (SSSR count). The van der Waals surface area contributed by atoms with Crippen LogP contribution in [-0.2, 0) is 13.5 Å². The number of carbonyl (C=O) groups excluding carboxylic acids is 1. The van der Waals surface area contributed by atoms with Crippen LogP contribution in [0.1, 0.15) is 40.2 Å². The van der Waals surface area contributed by atoms with E-state index >= 15 is 0 Å². The highest BCUT2D eigenvalue weighted by Crippen LogP contribution is 2.23. The Labute approximate surface area is 156 Å². The molecule has 3 aromatic heterocycles. The number of nitrogens with zero attached hydrogens (tertiary/aromatic N) is 4. The summed E-state index contributed by atoms with van der Waals surface area (Å²) in [4.78, 5) is 31.7. The van der Waals surface area contributed by atoms with Crippen molar-refractivity contribution in [3.05, 3.63) is 43.0 Å². The summed E-state index contributed by atoms with van der Waals surface area (Å²) in [6.07, 6.45) is 1.91. The fourth-order valence-corrected chi connectivity index (χ4v) is 4.35. The number of fused-ring (bicyclic) bond motifs is 1. The van der Waals surface area contributed by atoms with Gasteiger partial charge in [-0.2, -0.15) is 5.10 Å². The van der Waals surface area contributed by atoms with Crippen LogP contribution in [0.3, 0.4) is 0 Å². The quantitative estimate of drug-likeness (QED) is 0.699. The highest BCUT2D eigenvalue weighted by atomic mass is 79.9. The van der Waals surface area contributed by atoms with E-state index in [4.69, 9.17) is 0 Å².